The molecule has 2 N–H and O–H groups in total. The molecule has 0 atom stereocenters. The zero-order valence-electron chi connectivity index (χ0n) is 22.5. The molecule has 0 aliphatic carbocycles. The second-order valence-electron chi connectivity index (χ2n) is 10.1. The van der Waals surface area contributed by atoms with Crippen LogP contribution in [-0.2, 0) is 16.3 Å². The highest BCUT2D eigenvalue weighted by Crippen LogP contribution is 2.32. The van der Waals surface area contributed by atoms with E-state index in [4.69, 9.17) is 9.84 Å². The van der Waals surface area contributed by atoms with Crippen LogP contribution in [0.25, 0.3) is 10.9 Å². The summed E-state index contributed by atoms with van der Waals surface area (Å²) in [7, 11) is -2.07. The van der Waals surface area contributed by atoms with Crippen molar-refractivity contribution in [2.45, 2.75) is 106 Å². The minimum Gasteiger partial charge on any atom is -0.497 e. The predicted molar refractivity (Wildman–Crippen MR) is 152 cm³/mol. The molecule has 3 aromatic rings. The summed E-state index contributed by atoms with van der Waals surface area (Å²) in [5.41, 5.74) is 1.78. The second-order valence-corrected chi connectivity index (χ2v) is 12.0. The lowest BCUT2D eigenvalue weighted by Crippen LogP contribution is -2.05. The number of aliphatic hydroxyl groups is 1. The summed E-state index contributed by atoms with van der Waals surface area (Å²) < 4.78 is 32.2. The first kappa shape index (κ1) is 29.2. The second kappa shape index (κ2) is 15.8. The quantitative estimate of drug-likeness (QED) is 0.155. The summed E-state index contributed by atoms with van der Waals surface area (Å²) in [6, 6.07) is 14.5. The van der Waals surface area contributed by atoms with Crippen molar-refractivity contribution in [2.24, 2.45) is 0 Å². The number of unbranched alkanes of at least 4 members (excludes halogenated alkanes) is 13. The molecule has 0 radical (unpaired) electrons. The third-order valence-corrected chi connectivity index (χ3v) is 9.03. The normalized spacial score (nSPS) is 11.8. The molecule has 2 aromatic carbocycles. The van der Waals surface area contributed by atoms with E-state index in [-0.39, 0.29) is 4.90 Å². The number of hydrogen-bond acceptors (Lipinski definition) is 4. The van der Waals surface area contributed by atoms with Crippen molar-refractivity contribution in [1.29, 1.82) is 0 Å². The molecule has 204 valence electrons. The average molecular weight is 528 g/mol. The number of nitrogens with one attached hydrogen (secondary N) is 1. The van der Waals surface area contributed by atoms with Crippen LogP contribution in [0.15, 0.2) is 58.5 Å². The molecule has 0 saturated carbocycles. The monoisotopic (exact) mass is 527 g/mol. The molecule has 0 unspecified atom stereocenters. The van der Waals surface area contributed by atoms with E-state index in [1.165, 1.54) is 64.2 Å². The molecule has 6 heteroatoms. The van der Waals surface area contributed by atoms with Crippen molar-refractivity contribution in [1.82, 2.24) is 4.98 Å². The van der Waals surface area contributed by atoms with Crippen LogP contribution in [0.5, 0.6) is 5.75 Å². The first-order valence-corrected chi connectivity index (χ1v) is 15.7. The van der Waals surface area contributed by atoms with Crippen molar-refractivity contribution in [2.75, 3.05) is 13.7 Å². The van der Waals surface area contributed by atoms with Gasteiger partial charge in [0.25, 0.3) is 0 Å². The Balaban J connectivity index is 1.42. The summed E-state index contributed by atoms with van der Waals surface area (Å²) in [6.07, 6.45) is 17.9. The Kier molecular flexibility index (Phi) is 12.5. The van der Waals surface area contributed by atoms with E-state index in [0.29, 0.717) is 17.4 Å². The molecule has 0 aliphatic rings. The topological polar surface area (TPSA) is 79.4 Å². The van der Waals surface area contributed by atoms with Crippen molar-refractivity contribution in [3.05, 3.63) is 54.1 Å². The van der Waals surface area contributed by atoms with Crippen LogP contribution < -0.4 is 4.74 Å². The molecule has 0 spiro atoms. The lowest BCUT2D eigenvalue weighted by Gasteiger charge is -2.08. The number of aromatic nitrogens is 1. The number of fused-ring (bicyclic) bond motifs is 1. The zero-order valence-corrected chi connectivity index (χ0v) is 23.3. The number of aliphatic hydroxyl groups excluding tert-OH is 1. The van der Waals surface area contributed by atoms with Gasteiger partial charge in [-0.25, -0.2) is 8.42 Å². The summed E-state index contributed by atoms with van der Waals surface area (Å²) in [5, 5.41) is 10.1. The standard InChI is InChI=1S/C31H45NO4S/c1-36-26-21-23-27(24-22-26)37(34,35)31-29(28-18-15-16-20-30(28)32-31)19-14-12-10-8-6-4-2-3-5-7-9-11-13-17-25-33/h15-16,18,20-24,32-33H,2-14,17,19,25H2,1H3. The maximum atomic E-state index is 13.5. The Bertz CT molecular complexity index is 1150. The van der Waals surface area contributed by atoms with Crippen LogP contribution in [0.4, 0.5) is 0 Å². The van der Waals surface area contributed by atoms with Gasteiger partial charge in [0, 0.05) is 17.5 Å². The Morgan fingerprint density at radius 2 is 1.22 bits per heavy atom. The van der Waals surface area contributed by atoms with E-state index in [0.717, 1.165) is 48.6 Å². The van der Waals surface area contributed by atoms with Gasteiger partial charge in [0.05, 0.1) is 12.0 Å². The van der Waals surface area contributed by atoms with Gasteiger partial charge in [-0.1, -0.05) is 95.2 Å². The van der Waals surface area contributed by atoms with Crippen molar-refractivity contribution >= 4 is 20.7 Å². The van der Waals surface area contributed by atoms with Gasteiger partial charge < -0.3 is 14.8 Å². The largest absolute Gasteiger partial charge is 0.497 e. The average Bonchev–Trinajstić information content (AvgIpc) is 3.30. The number of hydrogen-bond donors (Lipinski definition) is 2. The molecular formula is C31H45NO4S. The predicted octanol–water partition coefficient (Wildman–Crippen LogP) is 8.01. The van der Waals surface area contributed by atoms with E-state index in [1.807, 2.05) is 24.3 Å². The maximum Gasteiger partial charge on any atom is 0.222 e. The fraction of sp³-hybridized carbons (Fsp3) is 0.548. The van der Waals surface area contributed by atoms with Crippen molar-refractivity contribution < 1.29 is 18.3 Å². The molecule has 0 amide bonds. The number of para-hydroxylation sites is 1. The van der Waals surface area contributed by atoms with Gasteiger partial charge in [-0.15, -0.1) is 0 Å². The van der Waals surface area contributed by atoms with Gasteiger partial charge in [0.15, 0.2) is 0 Å². The van der Waals surface area contributed by atoms with E-state index in [9.17, 15) is 8.42 Å². The minimum atomic E-state index is -3.65. The maximum absolute atomic E-state index is 13.5. The van der Waals surface area contributed by atoms with E-state index < -0.39 is 9.84 Å². The van der Waals surface area contributed by atoms with Crippen LogP contribution in [-0.4, -0.2) is 32.2 Å². The van der Waals surface area contributed by atoms with Crippen LogP contribution in [0.1, 0.15) is 95.5 Å². The number of aromatic amines is 1. The Morgan fingerprint density at radius 1 is 0.703 bits per heavy atom. The summed E-state index contributed by atoms with van der Waals surface area (Å²) in [5.74, 6) is 0.640. The molecule has 0 aliphatic heterocycles. The fourth-order valence-electron chi connectivity index (χ4n) is 5.06. The lowest BCUT2D eigenvalue weighted by molar-refractivity contribution is 0.282. The number of sulfone groups is 1. The molecule has 3 rings (SSSR count). The van der Waals surface area contributed by atoms with Crippen LogP contribution in [0.2, 0.25) is 0 Å². The van der Waals surface area contributed by atoms with E-state index >= 15 is 0 Å². The van der Waals surface area contributed by atoms with E-state index in [1.54, 1.807) is 31.4 Å². The third kappa shape index (κ3) is 8.89. The van der Waals surface area contributed by atoms with Crippen LogP contribution >= 0.6 is 0 Å². The van der Waals surface area contributed by atoms with Crippen LogP contribution in [0.3, 0.4) is 0 Å². The summed E-state index contributed by atoms with van der Waals surface area (Å²) >= 11 is 0. The Hall–Kier alpha value is -2.31. The molecular weight excluding hydrogens is 482 g/mol. The Morgan fingerprint density at radius 3 is 1.76 bits per heavy atom. The molecule has 0 bridgehead atoms. The van der Waals surface area contributed by atoms with Gasteiger partial charge in [0.2, 0.25) is 9.84 Å². The first-order chi connectivity index (χ1) is 18.1. The van der Waals surface area contributed by atoms with E-state index in [2.05, 4.69) is 4.98 Å². The fourth-order valence-corrected chi connectivity index (χ4v) is 6.57. The molecule has 1 aromatic heterocycles. The molecule has 1 heterocycles. The molecule has 5 nitrogen and oxygen atoms in total. The van der Waals surface area contributed by atoms with Gasteiger partial charge >= 0.3 is 0 Å². The van der Waals surface area contributed by atoms with Gasteiger partial charge in [0.1, 0.15) is 10.8 Å². The highest BCUT2D eigenvalue weighted by molar-refractivity contribution is 7.91. The number of ether oxygens (including phenoxy) is 1. The smallest absolute Gasteiger partial charge is 0.222 e. The third-order valence-electron chi connectivity index (χ3n) is 7.25. The molecule has 0 saturated heterocycles. The molecule has 0 fully saturated rings. The number of aryl methyl sites for hydroxylation is 1. The highest BCUT2D eigenvalue weighted by atomic mass is 32.2. The van der Waals surface area contributed by atoms with Crippen LogP contribution in [0, 0.1) is 0 Å². The van der Waals surface area contributed by atoms with Gasteiger partial charge in [-0.2, -0.15) is 0 Å². The van der Waals surface area contributed by atoms with Crippen molar-refractivity contribution in [3.8, 4) is 5.75 Å². The minimum absolute atomic E-state index is 0.280. The lowest BCUT2D eigenvalue weighted by atomic mass is 10.0. The first-order valence-electron chi connectivity index (χ1n) is 14.2. The van der Waals surface area contributed by atoms with Gasteiger partial charge in [-0.05, 0) is 55.2 Å². The zero-order chi connectivity index (χ0) is 26.3. The number of benzene rings is 2. The summed E-state index contributed by atoms with van der Waals surface area (Å²) in [6.45, 7) is 0.330. The Labute approximate surface area is 223 Å². The van der Waals surface area contributed by atoms with Gasteiger partial charge in [-0.3, -0.25) is 0 Å². The number of rotatable bonds is 19. The highest BCUT2D eigenvalue weighted by Gasteiger charge is 2.25. The molecule has 37 heavy (non-hydrogen) atoms. The number of methoxy groups -OCH3 is 1. The number of H-pyrrole nitrogens is 1. The SMILES string of the molecule is COc1ccc(S(=O)(=O)c2[nH]c3ccccc3c2CCCCCCCCCCCCCCCCO)cc1. The van der Waals surface area contributed by atoms with Crippen molar-refractivity contribution in [3.63, 3.8) is 0 Å². The summed E-state index contributed by atoms with van der Waals surface area (Å²) in [4.78, 5) is 3.48.